The summed E-state index contributed by atoms with van der Waals surface area (Å²) in [4.78, 5) is 14.5. The van der Waals surface area contributed by atoms with Crippen molar-refractivity contribution >= 4 is 11.8 Å². The third-order valence-electron chi connectivity index (χ3n) is 4.37. The van der Waals surface area contributed by atoms with Crippen molar-refractivity contribution in [2.24, 2.45) is 0 Å². The molecule has 0 aliphatic heterocycles. The zero-order chi connectivity index (χ0) is 15.8. The molecule has 1 aromatic heterocycles. The number of likely N-dealkylation sites (N-methyl/N-ethyl adjacent to an activating group) is 1. The molecule has 0 unspecified atom stereocenters. The van der Waals surface area contributed by atoms with Crippen molar-refractivity contribution in [3.8, 4) is 0 Å². The molecule has 1 aromatic rings. The fraction of sp³-hybridized carbons (Fsp3) is 0.733. The molecule has 0 atom stereocenters. The highest BCUT2D eigenvalue weighted by atomic mass is 16.5. The molecule has 6 heteroatoms. The van der Waals surface area contributed by atoms with E-state index in [1.165, 1.54) is 0 Å². The van der Waals surface area contributed by atoms with Gasteiger partial charge in [-0.1, -0.05) is 19.0 Å². The smallest absolute Gasteiger partial charge is 0.246 e. The lowest BCUT2D eigenvalue weighted by atomic mass is 9.91. The lowest BCUT2D eigenvalue weighted by molar-refractivity contribution is -0.126. The first-order valence-electron chi connectivity index (χ1n) is 7.31. The molecule has 1 fully saturated rings. The van der Waals surface area contributed by atoms with Crippen LogP contribution in [0.15, 0.2) is 10.6 Å². The molecule has 0 radical (unpaired) electrons. The Morgan fingerprint density at radius 3 is 2.62 bits per heavy atom. The summed E-state index contributed by atoms with van der Waals surface area (Å²) in [5.74, 6) is 0.190. The van der Waals surface area contributed by atoms with Gasteiger partial charge in [0, 0.05) is 17.5 Å². The Labute approximate surface area is 125 Å². The van der Waals surface area contributed by atoms with Crippen molar-refractivity contribution in [2.45, 2.75) is 57.5 Å². The number of nitrogens with zero attached hydrogens (tertiary/aromatic N) is 2. The van der Waals surface area contributed by atoms with Gasteiger partial charge in [0.05, 0.1) is 17.8 Å². The van der Waals surface area contributed by atoms with Crippen LogP contribution in [0.3, 0.4) is 0 Å². The number of aliphatic hydroxyl groups is 1. The first-order valence-corrected chi connectivity index (χ1v) is 7.31. The Bertz CT molecular complexity index is 518. The quantitative estimate of drug-likeness (QED) is 0.836. The molecular weight excluding hydrogens is 270 g/mol. The molecular formula is C15H25N3O3. The van der Waals surface area contributed by atoms with Gasteiger partial charge in [-0.25, -0.2) is 0 Å². The van der Waals surface area contributed by atoms with Crippen LogP contribution in [0.25, 0.3) is 0 Å². The van der Waals surface area contributed by atoms with Crippen molar-refractivity contribution in [3.63, 3.8) is 0 Å². The number of carbonyl (C=O) groups is 1. The first-order chi connectivity index (χ1) is 9.68. The Kier molecular flexibility index (Phi) is 4.13. The zero-order valence-corrected chi connectivity index (χ0v) is 13.4. The highest BCUT2D eigenvalue weighted by Crippen LogP contribution is 2.32. The van der Waals surface area contributed by atoms with Gasteiger partial charge < -0.3 is 9.63 Å². The van der Waals surface area contributed by atoms with Crippen molar-refractivity contribution in [2.75, 3.05) is 19.0 Å². The Balaban J connectivity index is 2.06. The molecule has 6 nitrogen and oxygen atoms in total. The summed E-state index contributed by atoms with van der Waals surface area (Å²) in [6, 6.07) is 2.16. The monoisotopic (exact) mass is 295 g/mol. The second kappa shape index (κ2) is 5.42. The molecule has 2 rings (SSSR count). The average Bonchev–Trinajstić information content (AvgIpc) is 3.17. The summed E-state index contributed by atoms with van der Waals surface area (Å²) < 4.78 is 5.16. The minimum Gasteiger partial charge on any atom is -0.395 e. The standard InChI is InChI=1S/C15H25N3O3/c1-14(2,9-19)11-8-12(21-17-11)16-13(20)15(3,4)18(5)10-6-7-10/h8,10,19H,6-7,9H2,1-5H3,(H,16,20). The van der Waals surface area contributed by atoms with Gasteiger partial charge >= 0.3 is 0 Å². The highest BCUT2D eigenvalue weighted by molar-refractivity contribution is 5.96. The predicted molar refractivity (Wildman–Crippen MR) is 80.1 cm³/mol. The van der Waals surface area contributed by atoms with Crippen LogP contribution in [0.4, 0.5) is 5.88 Å². The third-order valence-corrected chi connectivity index (χ3v) is 4.37. The minimum atomic E-state index is -0.610. The summed E-state index contributed by atoms with van der Waals surface area (Å²) >= 11 is 0. The maximum absolute atomic E-state index is 12.4. The van der Waals surface area contributed by atoms with Gasteiger partial charge in [0.15, 0.2) is 0 Å². The van der Waals surface area contributed by atoms with Gasteiger partial charge in [-0.2, -0.15) is 0 Å². The number of amides is 1. The van der Waals surface area contributed by atoms with Gasteiger partial charge in [-0.05, 0) is 33.7 Å². The number of aromatic nitrogens is 1. The van der Waals surface area contributed by atoms with Crippen LogP contribution in [-0.4, -0.2) is 46.3 Å². The normalized spacial score (nSPS) is 16.3. The molecule has 1 aliphatic carbocycles. The molecule has 1 heterocycles. The van der Waals surface area contributed by atoms with Gasteiger partial charge in [0.2, 0.25) is 11.8 Å². The number of hydrogen-bond acceptors (Lipinski definition) is 5. The lowest BCUT2D eigenvalue weighted by Gasteiger charge is -2.33. The van der Waals surface area contributed by atoms with Crippen molar-refractivity contribution in [1.82, 2.24) is 10.1 Å². The number of aliphatic hydroxyl groups excluding tert-OH is 1. The molecule has 0 saturated heterocycles. The van der Waals surface area contributed by atoms with E-state index in [1.54, 1.807) is 6.07 Å². The van der Waals surface area contributed by atoms with E-state index >= 15 is 0 Å². The third kappa shape index (κ3) is 3.27. The predicted octanol–water partition coefficient (Wildman–Crippen LogP) is 1.76. The SMILES string of the molecule is CN(C1CC1)C(C)(C)C(=O)Nc1cc(C(C)(C)CO)no1. The van der Waals surface area contributed by atoms with Crippen LogP contribution in [0.2, 0.25) is 0 Å². The van der Waals surface area contributed by atoms with E-state index in [0.29, 0.717) is 17.6 Å². The summed E-state index contributed by atoms with van der Waals surface area (Å²) in [6.45, 7) is 7.48. The number of carbonyl (C=O) groups excluding carboxylic acids is 1. The van der Waals surface area contributed by atoms with E-state index in [2.05, 4.69) is 15.4 Å². The summed E-state index contributed by atoms with van der Waals surface area (Å²) in [7, 11) is 1.97. The van der Waals surface area contributed by atoms with Crippen molar-refractivity contribution in [3.05, 3.63) is 11.8 Å². The molecule has 1 aliphatic rings. The number of nitrogens with one attached hydrogen (secondary N) is 1. The summed E-state index contributed by atoms with van der Waals surface area (Å²) in [6.07, 6.45) is 2.29. The largest absolute Gasteiger partial charge is 0.395 e. The lowest BCUT2D eigenvalue weighted by Crippen LogP contribution is -2.51. The Morgan fingerprint density at radius 1 is 1.48 bits per heavy atom. The van der Waals surface area contributed by atoms with E-state index < -0.39 is 11.0 Å². The van der Waals surface area contributed by atoms with E-state index in [4.69, 9.17) is 4.52 Å². The summed E-state index contributed by atoms with van der Waals surface area (Å²) in [5, 5.41) is 16.0. The van der Waals surface area contributed by atoms with Crippen LogP contribution in [0, 0.1) is 0 Å². The highest BCUT2D eigenvalue weighted by Gasteiger charge is 2.40. The fourth-order valence-electron chi connectivity index (χ4n) is 2.08. The van der Waals surface area contributed by atoms with Crippen LogP contribution >= 0.6 is 0 Å². The number of hydrogen-bond donors (Lipinski definition) is 2. The molecule has 21 heavy (non-hydrogen) atoms. The Morgan fingerprint density at radius 2 is 2.10 bits per heavy atom. The molecule has 118 valence electrons. The van der Waals surface area contributed by atoms with Gasteiger partial charge in [0.1, 0.15) is 0 Å². The molecule has 0 spiro atoms. The van der Waals surface area contributed by atoms with Crippen molar-refractivity contribution < 1.29 is 14.4 Å². The maximum atomic E-state index is 12.4. The molecule has 1 saturated carbocycles. The number of rotatable bonds is 6. The van der Waals surface area contributed by atoms with Gasteiger partial charge in [-0.15, -0.1) is 0 Å². The topological polar surface area (TPSA) is 78.6 Å². The van der Waals surface area contributed by atoms with Crippen molar-refractivity contribution in [1.29, 1.82) is 0 Å². The van der Waals surface area contributed by atoms with Crippen LogP contribution in [0.5, 0.6) is 0 Å². The fourth-order valence-corrected chi connectivity index (χ4v) is 2.08. The van der Waals surface area contributed by atoms with Gasteiger partial charge in [0.25, 0.3) is 0 Å². The zero-order valence-electron chi connectivity index (χ0n) is 13.4. The van der Waals surface area contributed by atoms with Crippen LogP contribution in [0.1, 0.15) is 46.2 Å². The number of anilines is 1. The van der Waals surface area contributed by atoms with Crippen LogP contribution in [-0.2, 0) is 10.2 Å². The van der Waals surface area contributed by atoms with Gasteiger partial charge in [-0.3, -0.25) is 15.0 Å². The maximum Gasteiger partial charge on any atom is 0.246 e. The molecule has 0 bridgehead atoms. The van der Waals surface area contributed by atoms with Crippen LogP contribution < -0.4 is 5.32 Å². The van der Waals surface area contributed by atoms with E-state index in [-0.39, 0.29) is 12.5 Å². The minimum absolute atomic E-state index is 0.0389. The summed E-state index contributed by atoms with van der Waals surface area (Å²) in [5.41, 5.74) is -0.485. The molecule has 0 aromatic carbocycles. The second-order valence-corrected chi connectivity index (χ2v) is 6.97. The molecule has 1 amide bonds. The van der Waals surface area contributed by atoms with E-state index in [0.717, 1.165) is 12.8 Å². The Hall–Kier alpha value is -1.40. The molecule has 2 N–H and O–H groups in total. The first kappa shape index (κ1) is 16.0. The average molecular weight is 295 g/mol. The van der Waals surface area contributed by atoms with E-state index in [9.17, 15) is 9.90 Å². The second-order valence-electron chi connectivity index (χ2n) is 6.97. The van der Waals surface area contributed by atoms with E-state index in [1.807, 2.05) is 34.7 Å².